The fourth-order valence-corrected chi connectivity index (χ4v) is 2.56. The van der Waals surface area contributed by atoms with Crippen molar-refractivity contribution in [2.75, 3.05) is 18.9 Å². The third-order valence-corrected chi connectivity index (χ3v) is 3.51. The summed E-state index contributed by atoms with van der Waals surface area (Å²) in [6.07, 6.45) is 3.94. The maximum absolute atomic E-state index is 6.15. The topological polar surface area (TPSA) is 52.5 Å². The first-order valence-corrected chi connectivity index (χ1v) is 6.14. The minimum atomic E-state index is 0.423. The standard InChI is InChI=1S/C12H14ClN3O/c13-11-10-7-9(14)1-4-16(10)12(15-11)8-2-5-17-6-3-8/h1,4,7-8H,2-3,5-6,14H2. The van der Waals surface area contributed by atoms with Gasteiger partial charge in [-0.05, 0) is 25.0 Å². The second kappa shape index (κ2) is 4.20. The Kier molecular flexibility index (Phi) is 2.68. The van der Waals surface area contributed by atoms with Gasteiger partial charge in [-0.25, -0.2) is 4.98 Å². The Balaban J connectivity index is 2.10. The van der Waals surface area contributed by atoms with Crippen molar-refractivity contribution in [3.8, 4) is 0 Å². The van der Waals surface area contributed by atoms with Gasteiger partial charge in [0.1, 0.15) is 5.82 Å². The van der Waals surface area contributed by atoms with E-state index in [1.807, 2.05) is 22.7 Å². The highest BCUT2D eigenvalue weighted by Crippen LogP contribution is 2.30. The van der Waals surface area contributed by atoms with E-state index in [0.717, 1.165) is 37.4 Å². The molecule has 5 heteroatoms. The summed E-state index contributed by atoms with van der Waals surface area (Å²) < 4.78 is 7.41. The molecule has 1 aliphatic rings. The SMILES string of the molecule is Nc1ccn2c(C3CCOCC3)nc(Cl)c2c1. The Morgan fingerprint density at radius 2 is 2.18 bits per heavy atom. The van der Waals surface area contributed by atoms with E-state index in [2.05, 4.69) is 4.98 Å². The normalized spacial score (nSPS) is 17.7. The first-order chi connectivity index (χ1) is 8.25. The van der Waals surface area contributed by atoms with Crippen LogP contribution in [0, 0.1) is 0 Å². The summed E-state index contributed by atoms with van der Waals surface area (Å²) in [6, 6.07) is 3.73. The molecule has 0 atom stereocenters. The van der Waals surface area contributed by atoms with Crippen molar-refractivity contribution < 1.29 is 4.74 Å². The fourth-order valence-electron chi connectivity index (χ4n) is 2.33. The molecule has 0 unspecified atom stereocenters. The number of nitrogens with zero attached hydrogens (tertiary/aromatic N) is 2. The van der Waals surface area contributed by atoms with Gasteiger partial charge in [-0.3, -0.25) is 0 Å². The quantitative estimate of drug-likeness (QED) is 0.847. The number of imidazole rings is 1. The van der Waals surface area contributed by atoms with Crippen molar-refractivity contribution in [3.05, 3.63) is 29.3 Å². The minimum absolute atomic E-state index is 0.423. The van der Waals surface area contributed by atoms with E-state index in [4.69, 9.17) is 22.1 Å². The van der Waals surface area contributed by atoms with E-state index in [1.165, 1.54) is 0 Å². The highest BCUT2D eigenvalue weighted by molar-refractivity contribution is 6.32. The summed E-state index contributed by atoms with van der Waals surface area (Å²) in [5.74, 6) is 1.45. The van der Waals surface area contributed by atoms with E-state index >= 15 is 0 Å². The van der Waals surface area contributed by atoms with E-state index < -0.39 is 0 Å². The van der Waals surface area contributed by atoms with Crippen molar-refractivity contribution in [1.29, 1.82) is 0 Å². The van der Waals surface area contributed by atoms with Gasteiger partial charge >= 0.3 is 0 Å². The van der Waals surface area contributed by atoms with Gasteiger partial charge in [0.15, 0.2) is 5.15 Å². The lowest BCUT2D eigenvalue weighted by Gasteiger charge is -2.20. The van der Waals surface area contributed by atoms with Crippen LogP contribution in [0.2, 0.25) is 5.15 Å². The summed E-state index contributed by atoms with van der Waals surface area (Å²) in [5.41, 5.74) is 7.35. The highest BCUT2D eigenvalue weighted by Gasteiger charge is 2.21. The number of hydrogen-bond acceptors (Lipinski definition) is 3. The number of hydrogen-bond donors (Lipinski definition) is 1. The number of fused-ring (bicyclic) bond motifs is 1. The van der Waals surface area contributed by atoms with Crippen LogP contribution in [0.1, 0.15) is 24.6 Å². The molecule has 0 bridgehead atoms. The Bertz CT molecular complexity index is 546. The van der Waals surface area contributed by atoms with Crippen LogP contribution in [0.15, 0.2) is 18.3 Å². The Morgan fingerprint density at radius 1 is 1.41 bits per heavy atom. The maximum Gasteiger partial charge on any atom is 0.155 e. The number of anilines is 1. The molecule has 4 nitrogen and oxygen atoms in total. The summed E-state index contributed by atoms with van der Waals surface area (Å²) in [6.45, 7) is 1.60. The van der Waals surface area contributed by atoms with Gasteiger partial charge in [-0.2, -0.15) is 0 Å². The van der Waals surface area contributed by atoms with Crippen molar-refractivity contribution in [2.24, 2.45) is 0 Å². The average Bonchev–Trinajstić information content (AvgIpc) is 2.68. The van der Waals surface area contributed by atoms with Crippen LogP contribution in [0.4, 0.5) is 5.69 Å². The minimum Gasteiger partial charge on any atom is -0.399 e. The number of halogens is 1. The highest BCUT2D eigenvalue weighted by atomic mass is 35.5. The molecule has 3 heterocycles. The first-order valence-electron chi connectivity index (χ1n) is 5.76. The number of pyridine rings is 1. The molecule has 0 aromatic carbocycles. The van der Waals surface area contributed by atoms with Crippen LogP contribution in [-0.4, -0.2) is 22.6 Å². The number of aromatic nitrogens is 2. The van der Waals surface area contributed by atoms with Gasteiger partial charge in [-0.15, -0.1) is 0 Å². The molecule has 0 radical (unpaired) electrons. The summed E-state index contributed by atoms with van der Waals surface area (Å²) in [5, 5.41) is 0.527. The average molecular weight is 252 g/mol. The molecule has 1 aliphatic heterocycles. The Morgan fingerprint density at radius 3 is 2.94 bits per heavy atom. The predicted molar refractivity (Wildman–Crippen MR) is 67.4 cm³/mol. The lowest BCUT2D eigenvalue weighted by atomic mass is 10.00. The van der Waals surface area contributed by atoms with Gasteiger partial charge in [0, 0.05) is 31.0 Å². The largest absolute Gasteiger partial charge is 0.399 e. The van der Waals surface area contributed by atoms with Gasteiger partial charge in [0.25, 0.3) is 0 Å². The zero-order chi connectivity index (χ0) is 11.8. The van der Waals surface area contributed by atoms with Crippen LogP contribution in [-0.2, 0) is 4.74 Å². The van der Waals surface area contributed by atoms with E-state index in [-0.39, 0.29) is 0 Å². The van der Waals surface area contributed by atoms with Gasteiger partial charge in [0.2, 0.25) is 0 Å². The Labute approximate surface area is 104 Å². The summed E-state index contributed by atoms with van der Waals surface area (Å²) >= 11 is 6.15. The molecule has 17 heavy (non-hydrogen) atoms. The molecule has 2 N–H and O–H groups in total. The lowest BCUT2D eigenvalue weighted by Crippen LogP contribution is -2.16. The molecular formula is C12H14ClN3O. The zero-order valence-corrected chi connectivity index (χ0v) is 10.2. The number of rotatable bonds is 1. The molecule has 1 saturated heterocycles. The van der Waals surface area contributed by atoms with Gasteiger partial charge < -0.3 is 14.9 Å². The molecule has 0 spiro atoms. The first kappa shape index (κ1) is 10.9. The van der Waals surface area contributed by atoms with Crippen molar-refractivity contribution in [1.82, 2.24) is 9.38 Å². The Hall–Kier alpha value is -1.26. The van der Waals surface area contributed by atoms with E-state index in [0.29, 0.717) is 16.8 Å². The van der Waals surface area contributed by atoms with Crippen LogP contribution in [0.3, 0.4) is 0 Å². The third-order valence-electron chi connectivity index (χ3n) is 3.24. The van der Waals surface area contributed by atoms with Crippen LogP contribution in [0.25, 0.3) is 5.52 Å². The van der Waals surface area contributed by atoms with E-state index in [1.54, 1.807) is 0 Å². The van der Waals surface area contributed by atoms with Gasteiger partial charge in [-0.1, -0.05) is 11.6 Å². The summed E-state index contributed by atoms with van der Waals surface area (Å²) in [4.78, 5) is 4.47. The second-order valence-electron chi connectivity index (χ2n) is 4.36. The van der Waals surface area contributed by atoms with Crippen LogP contribution < -0.4 is 5.73 Å². The predicted octanol–water partition coefficient (Wildman–Crippen LogP) is 2.46. The molecule has 0 amide bonds. The van der Waals surface area contributed by atoms with Gasteiger partial charge in [0.05, 0.1) is 5.52 Å². The monoisotopic (exact) mass is 251 g/mol. The number of ether oxygens (including phenoxy) is 1. The molecule has 1 fully saturated rings. The number of nitrogen functional groups attached to an aromatic ring is 1. The summed E-state index contributed by atoms with van der Waals surface area (Å²) in [7, 11) is 0. The molecule has 2 aromatic rings. The third kappa shape index (κ3) is 1.87. The molecule has 0 saturated carbocycles. The molecular weight excluding hydrogens is 238 g/mol. The van der Waals surface area contributed by atoms with Crippen LogP contribution >= 0.6 is 11.6 Å². The van der Waals surface area contributed by atoms with E-state index in [9.17, 15) is 0 Å². The lowest BCUT2D eigenvalue weighted by molar-refractivity contribution is 0.0835. The molecule has 2 aromatic heterocycles. The van der Waals surface area contributed by atoms with Crippen LogP contribution in [0.5, 0.6) is 0 Å². The van der Waals surface area contributed by atoms with Crippen molar-refractivity contribution in [2.45, 2.75) is 18.8 Å². The number of nitrogens with two attached hydrogens (primary N) is 1. The fraction of sp³-hybridized carbons (Fsp3) is 0.417. The van der Waals surface area contributed by atoms with Crippen molar-refractivity contribution in [3.63, 3.8) is 0 Å². The van der Waals surface area contributed by atoms with Crippen molar-refractivity contribution >= 4 is 22.8 Å². The zero-order valence-electron chi connectivity index (χ0n) is 9.40. The second-order valence-corrected chi connectivity index (χ2v) is 4.72. The molecule has 0 aliphatic carbocycles. The maximum atomic E-state index is 6.15. The smallest absolute Gasteiger partial charge is 0.155 e. The molecule has 90 valence electrons. The molecule has 3 rings (SSSR count).